The molecule has 1 atom stereocenters. The van der Waals surface area contributed by atoms with Crippen molar-refractivity contribution in [2.45, 2.75) is 45.6 Å². The van der Waals surface area contributed by atoms with E-state index >= 15 is 0 Å². The molecular weight excluding hydrogens is 283 g/mol. The van der Waals surface area contributed by atoms with Crippen molar-refractivity contribution >= 4 is 11.8 Å². The van der Waals surface area contributed by atoms with Gasteiger partial charge in [-0.2, -0.15) is 0 Å². The highest BCUT2D eigenvalue weighted by atomic mass is 19.1. The summed E-state index contributed by atoms with van der Waals surface area (Å²) in [6.45, 7) is 6.61. The van der Waals surface area contributed by atoms with Crippen LogP contribution in [0.15, 0.2) is 18.2 Å². The first-order valence-electron chi connectivity index (χ1n) is 7.76. The molecule has 120 valence electrons. The van der Waals surface area contributed by atoms with Gasteiger partial charge in [-0.3, -0.25) is 9.59 Å². The Bertz CT molecular complexity index is 588. The molecule has 1 N–H and O–H groups in total. The number of likely N-dealkylation sites (tertiary alicyclic amines) is 1. The summed E-state index contributed by atoms with van der Waals surface area (Å²) in [4.78, 5) is 26.4. The Labute approximate surface area is 130 Å². The number of halogens is 1. The summed E-state index contributed by atoms with van der Waals surface area (Å²) < 4.78 is 13.6. The molecule has 1 heterocycles. The smallest absolute Gasteiger partial charge is 0.254 e. The number of nitrogens with one attached hydrogen (secondary N) is 1. The van der Waals surface area contributed by atoms with Crippen LogP contribution in [0.2, 0.25) is 0 Å². The molecule has 0 bridgehead atoms. The van der Waals surface area contributed by atoms with E-state index in [4.69, 9.17) is 0 Å². The molecule has 1 aliphatic heterocycles. The molecular formula is C17H23FN2O2. The first-order chi connectivity index (χ1) is 10.4. The number of rotatable bonds is 5. The molecule has 1 aromatic rings. The molecule has 1 saturated heterocycles. The SMILES string of the molecule is CCCCNC(=O)C1(C)CCN1C(=O)c1ccc(C)c(F)c1. The Morgan fingerprint density at radius 2 is 2.14 bits per heavy atom. The fraction of sp³-hybridized carbons (Fsp3) is 0.529. The number of unbranched alkanes of at least 4 members (excludes halogenated alkanes) is 1. The minimum atomic E-state index is -0.827. The number of nitrogens with zero attached hydrogens (tertiary/aromatic N) is 1. The molecule has 1 unspecified atom stereocenters. The quantitative estimate of drug-likeness (QED) is 0.850. The summed E-state index contributed by atoms with van der Waals surface area (Å²) in [7, 11) is 0. The molecule has 2 rings (SSSR count). The van der Waals surface area contributed by atoms with Gasteiger partial charge in [0.15, 0.2) is 0 Å². The van der Waals surface area contributed by atoms with Crippen LogP contribution in [0, 0.1) is 12.7 Å². The van der Waals surface area contributed by atoms with E-state index < -0.39 is 11.4 Å². The average molecular weight is 306 g/mol. The fourth-order valence-electron chi connectivity index (χ4n) is 2.57. The third-order valence-electron chi connectivity index (χ3n) is 4.39. The van der Waals surface area contributed by atoms with Gasteiger partial charge in [-0.1, -0.05) is 19.4 Å². The van der Waals surface area contributed by atoms with Crippen molar-refractivity contribution in [2.24, 2.45) is 0 Å². The van der Waals surface area contributed by atoms with Crippen molar-refractivity contribution in [1.82, 2.24) is 10.2 Å². The Kier molecular flexibility index (Phi) is 4.84. The largest absolute Gasteiger partial charge is 0.354 e. The van der Waals surface area contributed by atoms with Crippen LogP contribution in [0.4, 0.5) is 4.39 Å². The van der Waals surface area contributed by atoms with Crippen molar-refractivity contribution in [3.8, 4) is 0 Å². The molecule has 5 heteroatoms. The summed E-state index contributed by atoms with van der Waals surface area (Å²) in [5.74, 6) is -0.827. The van der Waals surface area contributed by atoms with Crippen LogP contribution in [-0.4, -0.2) is 35.3 Å². The Morgan fingerprint density at radius 3 is 2.68 bits per heavy atom. The number of hydrogen-bond acceptors (Lipinski definition) is 2. The highest BCUT2D eigenvalue weighted by Crippen LogP contribution is 2.32. The first kappa shape index (κ1) is 16.5. The lowest BCUT2D eigenvalue weighted by Gasteiger charge is -2.49. The van der Waals surface area contributed by atoms with Crippen LogP contribution in [0.5, 0.6) is 0 Å². The Balaban J connectivity index is 2.09. The second kappa shape index (κ2) is 6.46. The highest BCUT2D eigenvalue weighted by Gasteiger charge is 2.49. The second-order valence-electron chi connectivity index (χ2n) is 6.05. The minimum Gasteiger partial charge on any atom is -0.354 e. The minimum absolute atomic E-state index is 0.131. The van der Waals surface area contributed by atoms with E-state index in [2.05, 4.69) is 12.2 Å². The van der Waals surface area contributed by atoms with Gasteiger partial charge in [0.05, 0.1) is 0 Å². The van der Waals surface area contributed by atoms with Gasteiger partial charge in [0, 0.05) is 18.7 Å². The monoisotopic (exact) mass is 306 g/mol. The molecule has 0 aliphatic carbocycles. The van der Waals surface area contributed by atoms with E-state index in [0.29, 0.717) is 25.1 Å². The van der Waals surface area contributed by atoms with Crippen LogP contribution >= 0.6 is 0 Å². The Hall–Kier alpha value is -1.91. The van der Waals surface area contributed by atoms with Gasteiger partial charge in [0.25, 0.3) is 5.91 Å². The molecule has 0 saturated carbocycles. The number of carbonyl (C=O) groups excluding carboxylic acids is 2. The topological polar surface area (TPSA) is 49.4 Å². The molecule has 0 spiro atoms. The van der Waals surface area contributed by atoms with E-state index in [1.807, 2.05) is 0 Å². The predicted octanol–water partition coefficient (Wildman–Crippen LogP) is 2.66. The van der Waals surface area contributed by atoms with Crippen LogP contribution in [0.1, 0.15) is 49.0 Å². The normalized spacial score (nSPS) is 20.5. The number of hydrogen-bond donors (Lipinski definition) is 1. The van der Waals surface area contributed by atoms with Crippen molar-refractivity contribution in [3.63, 3.8) is 0 Å². The first-order valence-corrected chi connectivity index (χ1v) is 7.76. The van der Waals surface area contributed by atoms with Gasteiger partial charge in [-0.05, 0) is 44.4 Å². The number of benzene rings is 1. The van der Waals surface area contributed by atoms with Crippen molar-refractivity contribution in [1.29, 1.82) is 0 Å². The van der Waals surface area contributed by atoms with Gasteiger partial charge in [0.2, 0.25) is 5.91 Å². The number of aryl methyl sites for hydroxylation is 1. The van der Waals surface area contributed by atoms with E-state index in [0.717, 1.165) is 12.8 Å². The van der Waals surface area contributed by atoms with Gasteiger partial charge in [-0.15, -0.1) is 0 Å². The summed E-state index contributed by atoms with van der Waals surface area (Å²) in [6, 6.07) is 4.43. The lowest BCUT2D eigenvalue weighted by atomic mass is 9.84. The molecule has 1 aromatic carbocycles. The lowest BCUT2D eigenvalue weighted by Crippen LogP contribution is -2.67. The standard InChI is InChI=1S/C17H23FN2O2/c1-4-5-9-19-16(22)17(3)8-10-20(17)15(21)13-7-6-12(2)14(18)11-13/h6-7,11H,4-5,8-10H2,1-3H3,(H,19,22). The van der Waals surface area contributed by atoms with Gasteiger partial charge >= 0.3 is 0 Å². The fourth-order valence-corrected chi connectivity index (χ4v) is 2.57. The van der Waals surface area contributed by atoms with E-state index in [9.17, 15) is 14.0 Å². The number of amides is 2. The van der Waals surface area contributed by atoms with E-state index in [1.54, 1.807) is 26.0 Å². The highest BCUT2D eigenvalue weighted by molar-refractivity contribution is 6.00. The third kappa shape index (κ3) is 2.98. The number of carbonyl (C=O) groups is 2. The van der Waals surface area contributed by atoms with E-state index in [1.165, 1.54) is 11.0 Å². The summed E-state index contributed by atoms with van der Waals surface area (Å²) >= 11 is 0. The van der Waals surface area contributed by atoms with Gasteiger partial charge in [0.1, 0.15) is 11.4 Å². The zero-order valence-corrected chi connectivity index (χ0v) is 13.4. The Morgan fingerprint density at radius 1 is 1.41 bits per heavy atom. The molecule has 1 aliphatic rings. The van der Waals surface area contributed by atoms with Crippen LogP contribution in [0.25, 0.3) is 0 Å². The molecule has 22 heavy (non-hydrogen) atoms. The maximum absolute atomic E-state index is 13.6. The molecule has 4 nitrogen and oxygen atoms in total. The van der Waals surface area contributed by atoms with Gasteiger partial charge < -0.3 is 10.2 Å². The maximum Gasteiger partial charge on any atom is 0.254 e. The summed E-state index contributed by atoms with van der Waals surface area (Å²) in [5.41, 5.74) is -0.0396. The zero-order chi connectivity index (χ0) is 16.3. The molecule has 1 fully saturated rings. The molecule has 2 amide bonds. The maximum atomic E-state index is 13.6. The van der Waals surface area contributed by atoms with Crippen LogP contribution in [-0.2, 0) is 4.79 Å². The second-order valence-corrected chi connectivity index (χ2v) is 6.05. The summed E-state index contributed by atoms with van der Waals surface area (Å²) in [6.07, 6.45) is 2.55. The molecule has 0 aromatic heterocycles. The third-order valence-corrected chi connectivity index (χ3v) is 4.39. The average Bonchev–Trinajstić information content (AvgIpc) is 2.48. The summed E-state index contributed by atoms with van der Waals surface area (Å²) in [5, 5.41) is 2.88. The molecule has 0 radical (unpaired) electrons. The van der Waals surface area contributed by atoms with E-state index in [-0.39, 0.29) is 17.4 Å². The predicted molar refractivity (Wildman–Crippen MR) is 83.1 cm³/mol. The van der Waals surface area contributed by atoms with Crippen LogP contribution in [0.3, 0.4) is 0 Å². The van der Waals surface area contributed by atoms with Crippen LogP contribution < -0.4 is 5.32 Å². The van der Waals surface area contributed by atoms with Gasteiger partial charge in [-0.25, -0.2) is 4.39 Å². The van der Waals surface area contributed by atoms with Crippen molar-refractivity contribution in [2.75, 3.05) is 13.1 Å². The lowest BCUT2D eigenvalue weighted by molar-refractivity contribution is -0.137. The zero-order valence-electron chi connectivity index (χ0n) is 13.4. The van der Waals surface area contributed by atoms with Crippen molar-refractivity contribution in [3.05, 3.63) is 35.1 Å². The van der Waals surface area contributed by atoms with Crippen molar-refractivity contribution < 1.29 is 14.0 Å².